The highest BCUT2D eigenvalue weighted by Gasteiger charge is 2.16. The molecule has 0 aliphatic carbocycles. The molecule has 0 aromatic carbocycles. The summed E-state index contributed by atoms with van der Waals surface area (Å²) >= 11 is 5.96. The fourth-order valence-electron chi connectivity index (χ4n) is 2.01. The van der Waals surface area contributed by atoms with E-state index in [9.17, 15) is 4.21 Å². The molecule has 2 atom stereocenters. The molecule has 0 spiro atoms. The van der Waals surface area contributed by atoms with E-state index < -0.39 is 10.8 Å². The Morgan fingerprint density at radius 2 is 2.00 bits per heavy atom. The Bertz CT molecular complexity index is 481. The lowest BCUT2D eigenvalue weighted by molar-refractivity contribution is 0.567. The zero-order chi connectivity index (χ0) is 14.5. The summed E-state index contributed by atoms with van der Waals surface area (Å²) in [6.45, 7) is 4.37. The summed E-state index contributed by atoms with van der Waals surface area (Å²) < 4.78 is 11.3. The summed E-state index contributed by atoms with van der Waals surface area (Å²) in [7, 11) is -0.876. The number of hydrogen-bond acceptors (Lipinski definition) is 6. The molecule has 0 saturated carbocycles. The molecular weight excluding hydrogens is 298 g/mol. The van der Waals surface area contributed by atoms with E-state index in [-0.39, 0.29) is 10.5 Å². The van der Waals surface area contributed by atoms with Crippen LogP contribution in [0.5, 0.6) is 0 Å². The van der Waals surface area contributed by atoms with Crippen molar-refractivity contribution < 1.29 is 4.21 Å². The summed E-state index contributed by atoms with van der Waals surface area (Å²) in [5.41, 5.74) is 0. The Morgan fingerprint density at radius 1 is 1.30 bits per heavy atom. The van der Waals surface area contributed by atoms with E-state index in [0.29, 0.717) is 18.4 Å². The van der Waals surface area contributed by atoms with E-state index in [4.69, 9.17) is 11.6 Å². The Morgan fingerprint density at radius 3 is 2.65 bits per heavy atom. The van der Waals surface area contributed by atoms with Gasteiger partial charge in [0.1, 0.15) is 0 Å². The van der Waals surface area contributed by atoms with Crippen molar-refractivity contribution in [2.45, 2.75) is 31.4 Å². The Kier molecular flexibility index (Phi) is 5.54. The van der Waals surface area contributed by atoms with E-state index in [1.807, 2.05) is 6.92 Å². The van der Waals surface area contributed by atoms with Crippen LogP contribution in [0.25, 0.3) is 0 Å². The molecular formula is C12H20ClN5OS. The number of halogens is 1. The van der Waals surface area contributed by atoms with Crippen molar-refractivity contribution in [2.75, 3.05) is 36.1 Å². The van der Waals surface area contributed by atoms with Crippen LogP contribution < -0.4 is 10.2 Å². The van der Waals surface area contributed by atoms with Gasteiger partial charge in [-0.1, -0.05) is 0 Å². The van der Waals surface area contributed by atoms with Crippen LogP contribution in [-0.2, 0) is 10.8 Å². The molecule has 2 unspecified atom stereocenters. The summed E-state index contributed by atoms with van der Waals surface area (Å²) in [4.78, 5) is 14.8. The van der Waals surface area contributed by atoms with Crippen LogP contribution in [-0.4, -0.2) is 50.3 Å². The van der Waals surface area contributed by atoms with Gasteiger partial charge in [-0.3, -0.25) is 4.21 Å². The van der Waals surface area contributed by atoms with Crippen molar-refractivity contribution in [1.82, 2.24) is 15.0 Å². The quantitative estimate of drug-likeness (QED) is 0.891. The van der Waals surface area contributed by atoms with Crippen LogP contribution in [0.3, 0.4) is 0 Å². The fourth-order valence-corrected chi connectivity index (χ4v) is 2.48. The molecule has 1 aromatic heterocycles. The molecule has 1 saturated heterocycles. The third-order valence-corrected chi connectivity index (χ3v) is 4.82. The van der Waals surface area contributed by atoms with Gasteiger partial charge in [-0.2, -0.15) is 15.0 Å². The second-order valence-corrected chi connectivity index (χ2v) is 7.11. The highest BCUT2D eigenvalue weighted by Crippen LogP contribution is 2.18. The Hall–Kier alpha value is -0.950. The zero-order valence-electron chi connectivity index (χ0n) is 11.8. The van der Waals surface area contributed by atoms with Crippen molar-refractivity contribution in [3.63, 3.8) is 0 Å². The number of hydrogen-bond donors (Lipinski definition) is 1. The van der Waals surface area contributed by atoms with Crippen LogP contribution in [0.4, 0.5) is 11.9 Å². The topological polar surface area (TPSA) is 71.0 Å². The molecule has 0 bridgehead atoms. The molecule has 112 valence electrons. The lowest BCUT2D eigenvalue weighted by Crippen LogP contribution is -2.31. The van der Waals surface area contributed by atoms with E-state index in [1.165, 1.54) is 6.42 Å². The molecule has 0 radical (unpaired) electrons. The SMILES string of the molecule is CC(CNc1nc(Cl)nc(N2CCCCC2)n1)S(C)=O. The summed E-state index contributed by atoms with van der Waals surface area (Å²) in [5.74, 6) is 1.07. The fraction of sp³-hybridized carbons (Fsp3) is 0.750. The van der Waals surface area contributed by atoms with Gasteiger partial charge in [0.25, 0.3) is 0 Å². The molecule has 1 fully saturated rings. The first-order valence-corrected chi connectivity index (χ1v) is 8.79. The standard InChI is InChI=1S/C12H20ClN5OS/c1-9(20(2)19)8-14-11-15-10(13)16-12(17-11)18-6-4-3-5-7-18/h9H,3-8H2,1-2H3,(H,14,15,16,17). The van der Waals surface area contributed by atoms with Gasteiger partial charge in [0.2, 0.25) is 17.2 Å². The third-order valence-electron chi connectivity index (χ3n) is 3.35. The summed E-state index contributed by atoms with van der Waals surface area (Å²) in [6, 6.07) is 0. The molecule has 1 aromatic rings. The highest BCUT2D eigenvalue weighted by atomic mass is 35.5. The van der Waals surface area contributed by atoms with Crippen LogP contribution >= 0.6 is 11.6 Å². The molecule has 8 heteroatoms. The number of aromatic nitrogens is 3. The average molecular weight is 318 g/mol. The lowest BCUT2D eigenvalue weighted by Gasteiger charge is -2.26. The van der Waals surface area contributed by atoms with Gasteiger partial charge in [0.05, 0.1) is 0 Å². The normalized spacial score (nSPS) is 18.6. The first kappa shape index (κ1) is 15.4. The molecule has 1 aliphatic heterocycles. The predicted octanol–water partition coefficient (Wildman–Crippen LogP) is 1.69. The van der Waals surface area contributed by atoms with Gasteiger partial charge in [-0.25, -0.2) is 0 Å². The minimum atomic E-state index is -0.876. The van der Waals surface area contributed by atoms with Crippen LogP contribution in [0.2, 0.25) is 5.28 Å². The number of nitrogens with one attached hydrogen (secondary N) is 1. The van der Waals surface area contributed by atoms with Crippen molar-refractivity contribution in [2.24, 2.45) is 0 Å². The molecule has 1 N–H and O–H groups in total. The van der Waals surface area contributed by atoms with Crippen molar-refractivity contribution in [1.29, 1.82) is 0 Å². The number of rotatable bonds is 5. The largest absolute Gasteiger partial charge is 0.353 e. The second kappa shape index (κ2) is 7.17. The third kappa shape index (κ3) is 4.28. The Labute approximate surface area is 126 Å². The Balaban J connectivity index is 2.05. The monoisotopic (exact) mass is 317 g/mol. The second-order valence-electron chi connectivity index (χ2n) is 4.97. The van der Waals surface area contributed by atoms with Crippen molar-refractivity contribution in [3.8, 4) is 0 Å². The van der Waals surface area contributed by atoms with Gasteiger partial charge < -0.3 is 10.2 Å². The molecule has 6 nitrogen and oxygen atoms in total. The maximum Gasteiger partial charge on any atom is 0.231 e. The number of anilines is 2. The number of nitrogens with zero attached hydrogens (tertiary/aromatic N) is 4. The van der Waals surface area contributed by atoms with E-state index >= 15 is 0 Å². The minimum Gasteiger partial charge on any atom is -0.353 e. The lowest BCUT2D eigenvalue weighted by atomic mass is 10.1. The highest BCUT2D eigenvalue weighted by molar-refractivity contribution is 7.84. The molecule has 2 rings (SSSR count). The van der Waals surface area contributed by atoms with Gasteiger partial charge >= 0.3 is 0 Å². The van der Waals surface area contributed by atoms with Crippen LogP contribution in [0.15, 0.2) is 0 Å². The van der Waals surface area contributed by atoms with Gasteiger partial charge in [-0.15, -0.1) is 0 Å². The van der Waals surface area contributed by atoms with E-state index in [0.717, 1.165) is 25.9 Å². The molecule has 0 amide bonds. The summed E-state index contributed by atoms with van der Waals surface area (Å²) in [6.07, 6.45) is 5.24. The van der Waals surface area contributed by atoms with Crippen molar-refractivity contribution >= 4 is 34.3 Å². The minimum absolute atomic E-state index is 0.0315. The average Bonchev–Trinajstić information content (AvgIpc) is 2.45. The van der Waals surface area contributed by atoms with Gasteiger partial charge in [0.15, 0.2) is 0 Å². The molecule has 2 heterocycles. The number of piperidine rings is 1. The van der Waals surface area contributed by atoms with Crippen LogP contribution in [0.1, 0.15) is 26.2 Å². The van der Waals surface area contributed by atoms with Gasteiger partial charge in [0, 0.05) is 41.9 Å². The van der Waals surface area contributed by atoms with Gasteiger partial charge in [-0.05, 0) is 37.8 Å². The predicted molar refractivity (Wildman–Crippen MR) is 82.9 cm³/mol. The van der Waals surface area contributed by atoms with E-state index in [2.05, 4.69) is 25.2 Å². The van der Waals surface area contributed by atoms with Crippen LogP contribution in [0, 0.1) is 0 Å². The molecule has 20 heavy (non-hydrogen) atoms. The maximum absolute atomic E-state index is 11.3. The van der Waals surface area contributed by atoms with E-state index in [1.54, 1.807) is 6.26 Å². The zero-order valence-corrected chi connectivity index (χ0v) is 13.4. The first-order chi connectivity index (χ1) is 9.56. The summed E-state index contributed by atoms with van der Waals surface area (Å²) in [5, 5.41) is 3.30. The maximum atomic E-state index is 11.3. The van der Waals surface area contributed by atoms with Crippen molar-refractivity contribution in [3.05, 3.63) is 5.28 Å². The smallest absolute Gasteiger partial charge is 0.231 e. The first-order valence-electron chi connectivity index (χ1n) is 6.79. The molecule has 1 aliphatic rings.